The van der Waals surface area contributed by atoms with Crippen LogP contribution in [0.2, 0.25) is 0 Å². The lowest BCUT2D eigenvalue weighted by molar-refractivity contribution is -0.0274. The molecule has 0 aromatic heterocycles. The Morgan fingerprint density at radius 3 is 1.08 bits per heavy atom. The highest BCUT2D eigenvalue weighted by Gasteiger charge is 2.21. The molecule has 0 heterocycles. The SMILES string of the molecule is CCOc1c(NCCOCCOCCOCCOCCOCCOCCOCCOCCOCCOCCOCCNC(=O)OC(C)(C)C)c(=O)c1=O. The number of carbonyl (C=O) groups excluding carboxylic acids is 1. The summed E-state index contributed by atoms with van der Waals surface area (Å²) < 4.78 is 70.3. The molecule has 0 bridgehead atoms. The minimum absolute atomic E-state index is 0.0998. The van der Waals surface area contributed by atoms with Gasteiger partial charge in [0.15, 0.2) is 5.75 Å². The molecule has 53 heavy (non-hydrogen) atoms. The fraction of sp³-hybridized carbons (Fsp3) is 0.857. The van der Waals surface area contributed by atoms with Crippen molar-refractivity contribution in [1.82, 2.24) is 5.32 Å². The summed E-state index contributed by atoms with van der Waals surface area (Å²) in [5.41, 5.74) is -1.45. The maximum absolute atomic E-state index is 11.5. The van der Waals surface area contributed by atoms with E-state index in [0.29, 0.717) is 165 Å². The van der Waals surface area contributed by atoms with Crippen molar-refractivity contribution in [3.63, 3.8) is 0 Å². The van der Waals surface area contributed by atoms with Gasteiger partial charge < -0.3 is 72.2 Å². The highest BCUT2D eigenvalue weighted by molar-refractivity contribution is 5.67. The second-order valence-electron chi connectivity index (χ2n) is 11.9. The lowest BCUT2D eigenvalue weighted by Gasteiger charge is -2.19. The summed E-state index contributed by atoms with van der Waals surface area (Å²) in [4.78, 5) is 34.4. The van der Waals surface area contributed by atoms with Crippen LogP contribution in [0.25, 0.3) is 0 Å². The monoisotopic (exact) mass is 768 g/mol. The van der Waals surface area contributed by atoms with Gasteiger partial charge in [-0.15, -0.1) is 0 Å². The molecule has 1 rings (SSSR count). The standard InChI is InChI=1S/C35H64N2O16/c1-5-52-33-30(31(38)32(33)39)36-6-8-41-10-12-43-14-16-45-18-20-47-22-24-49-26-28-51-29-27-50-25-23-48-21-19-46-17-15-44-13-11-42-9-7-37-34(40)53-35(2,3)4/h36H,5-29H2,1-4H3,(H,37,40). The van der Waals surface area contributed by atoms with Crippen LogP contribution in [-0.2, 0) is 56.8 Å². The Bertz CT molecular complexity index is 1060. The third-order valence-electron chi connectivity index (χ3n) is 6.34. The predicted molar refractivity (Wildman–Crippen MR) is 194 cm³/mol. The first kappa shape index (κ1) is 48.5. The maximum atomic E-state index is 11.5. The van der Waals surface area contributed by atoms with Crippen LogP contribution < -0.4 is 26.2 Å². The van der Waals surface area contributed by atoms with Gasteiger partial charge in [0.2, 0.25) is 0 Å². The van der Waals surface area contributed by atoms with E-state index in [2.05, 4.69) is 10.6 Å². The Balaban J connectivity index is 1.66. The highest BCUT2D eigenvalue weighted by Crippen LogP contribution is 2.16. The number of hydrogen-bond acceptors (Lipinski definition) is 17. The molecule has 0 radical (unpaired) electrons. The van der Waals surface area contributed by atoms with E-state index >= 15 is 0 Å². The van der Waals surface area contributed by atoms with Crippen LogP contribution in [0.1, 0.15) is 27.7 Å². The van der Waals surface area contributed by atoms with E-state index in [1.807, 2.05) is 20.8 Å². The van der Waals surface area contributed by atoms with E-state index in [9.17, 15) is 14.4 Å². The number of amides is 1. The molecule has 0 aliphatic rings. The fourth-order valence-corrected chi connectivity index (χ4v) is 3.90. The van der Waals surface area contributed by atoms with Gasteiger partial charge in [0.05, 0.1) is 152 Å². The molecule has 0 saturated heterocycles. The van der Waals surface area contributed by atoms with E-state index in [1.165, 1.54) is 0 Å². The molecule has 0 fully saturated rings. The van der Waals surface area contributed by atoms with Gasteiger partial charge in [-0.1, -0.05) is 0 Å². The normalized spacial score (nSPS) is 11.7. The first-order valence-electron chi connectivity index (χ1n) is 18.3. The number of ether oxygens (including phenoxy) is 13. The van der Waals surface area contributed by atoms with E-state index in [4.69, 9.17) is 61.6 Å². The number of rotatable bonds is 39. The molecule has 0 aliphatic carbocycles. The highest BCUT2D eigenvalue weighted by atomic mass is 16.6. The Morgan fingerprint density at radius 2 is 0.774 bits per heavy atom. The first-order valence-corrected chi connectivity index (χ1v) is 18.3. The number of hydrogen-bond donors (Lipinski definition) is 2. The Hall–Kier alpha value is -2.49. The molecule has 18 nitrogen and oxygen atoms in total. The maximum Gasteiger partial charge on any atom is 0.407 e. The van der Waals surface area contributed by atoms with Crippen molar-refractivity contribution in [2.45, 2.75) is 33.3 Å². The number of alkyl carbamates (subject to hydrolysis) is 1. The third-order valence-corrected chi connectivity index (χ3v) is 6.34. The quantitative estimate of drug-likeness (QED) is 0.0705. The summed E-state index contributed by atoms with van der Waals surface area (Å²) >= 11 is 0. The fourth-order valence-electron chi connectivity index (χ4n) is 3.90. The molecule has 0 spiro atoms. The molecular weight excluding hydrogens is 704 g/mol. The van der Waals surface area contributed by atoms with Crippen LogP contribution in [0.3, 0.4) is 0 Å². The minimum atomic E-state index is -0.591. The summed E-state index contributed by atoms with van der Waals surface area (Å²) in [6.07, 6.45) is -0.459. The number of anilines is 1. The van der Waals surface area contributed by atoms with Crippen molar-refractivity contribution in [2.75, 3.05) is 170 Å². The number of nitrogens with one attached hydrogen (secondary N) is 2. The molecule has 0 aliphatic heterocycles. The minimum Gasteiger partial charge on any atom is -0.488 e. The molecule has 0 saturated carbocycles. The summed E-state index contributed by atoms with van der Waals surface area (Å²) in [5.74, 6) is 0.0998. The lowest BCUT2D eigenvalue weighted by Crippen LogP contribution is -2.36. The Labute approximate surface area is 313 Å². The summed E-state index contributed by atoms with van der Waals surface area (Å²) in [6, 6.07) is 0. The first-order chi connectivity index (χ1) is 25.8. The van der Waals surface area contributed by atoms with Crippen LogP contribution in [0.5, 0.6) is 5.75 Å². The topological polar surface area (TPSA) is 195 Å². The molecule has 1 aromatic carbocycles. The molecule has 310 valence electrons. The molecule has 0 unspecified atom stereocenters. The van der Waals surface area contributed by atoms with E-state index < -0.39 is 22.6 Å². The van der Waals surface area contributed by atoms with E-state index in [-0.39, 0.29) is 11.4 Å². The zero-order valence-corrected chi connectivity index (χ0v) is 32.2. The van der Waals surface area contributed by atoms with Crippen LogP contribution in [0.15, 0.2) is 9.59 Å². The zero-order valence-electron chi connectivity index (χ0n) is 32.2. The second kappa shape index (κ2) is 34.0. The summed E-state index contributed by atoms with van der Waals surface area (Å²) in [5, 5.41) is 5.49. The van der Waals surface area contributed by atoms with Crippen LogP contribution in [0.4, 0.5) is 10.5 Å². The van der Waals surface area contributed by atoms with Crippen LogP contribution >= 0.6 is 0 Å². The van der Waals surface area contributed by atoms with Gasteiger partial charge >= 0.3 is 6.09 Å². The van der Waals surface area contributed by atoms with Gasteiger partial charge in [-0.05, 0) is 27.7 Å². The van der Waals surface area contributed by atoms with Crippen molar-refractivity contribution < 1.29 is 66.4 Å². The molecule has 0 atom stereocenters. The van der Waals surface area contributed by atoms with Gasteiger partial charge in [0, 0.05) is 13.1 Å². The molecule has 2 N–H and O–H groups in total. The summed E-state index contributed by atoms with van der Waals surface area (Å²) in [6.45, 7) is 18.2. The van der Waals surface area contributed by atoms with Crippen molar-refractivity contribution in [3.8, 4) is 5.75 Å². The molecule has 1 aromatic rings. The van der Waals surface area contributed by atoms with Crippen LogP contribution in [0, 0.1) is 0 Å². The van der Waals surface area contributed by atoms with Gasteiger partial charge in [0.1, 0.15) is 11.3 Å². The van der Waals surface area contributed by atoms with Gasteiger partial charge in [-0.2, -0.15) is 0 Å². The van der Waals surface area contributed by atoms with Gasteiger partial charge in [-0.25, -0.2) is 4.79 Å². The molecule has 1 amide bonds. The predicted octanol–water partition coefficient (Wildman–Crippen LogP) is 0.801. The lowest BCUT2D eigenvalue weighted by atomic mass is 10.2. The van der Waals surface area contributed by atoms with Crippen molar-refractivity contribution in [1.29, 1.82) is 0 Å². The molecular formula is C35H64N2O16. The van der Waals surface area contributed by atoms with Crippen molar-refractivity contribution in [3.05, 3.63) is 20.4 Å². The van der Waals surface area contributed by atoms with E-state index in [0.717, 1.165) is 0 Å². The number of carbonyl (C=O) groups is 1. The largest absolute Gasteiger partial charge is 0.488 e. The van der Waals surface area contributed by atoms with Gasteiger partial charge in [0.25, 0.3) is 10.9 Å². The van der Waals surface area contributed by atoms with Gasteiger partial charge in [-0.3, -0.25) is 9.59 Å². The summed E-state index contributed by atoms with van der Waals surface area (Å²) in [7, 11) is 0. The van der Waals surface area contributed by atoms with Crippen molar-refractivity contribution in [2.24, 2.45) is 0 Å². The Kier molecular flexibility index (Phi) is 31.2. The zero-order chi connectivity index (χ0) is 38.7. The average Bonchev–Trinajstić information content (AvgIpc) is 3.12. The molecule has 18 heteroatoms. The smallest absolute Gasteiger partial charge is 0.407 e. The average molecular weight is 769 g/mol. The third kappa shape index (κ3) is 29.5. The Morgan fingerprint density at radius 1 is 0.472 bits per heavy atom. The van der Waals surface area contributed by atoms with Crippen LogP contribution in [-0.4, -0.2) is 177 Å². The van der Waals surface area contributed by atoms with Crippen molar-refractivity contribution >= 4 is 11.8 Å². The second-order valence-corrected chi connectivity index (χ2v) is 11.9. The van der Waals surface area contributed by atoms with E-state index in [1.54, 1.807) is 6.92 Å².